The molecule has 1 saturated heterocycles. The zero-order chi connectivity index (χ0) is 37.0. The smallest absolute Gasteiger partial charge is 0.352 e. The number of carbonyl (C=O) groups is 7. The summed E-state index contributed by atoms with van der Waals surface area (Å²) in [5.41, 5.74) is 21.3. The molecule has 49 heavy (non-hydrogen) atoms. The number of nitrogens with two attached hydrogens (primary N) is 4. The number of nitrogens with zero attached hydrogens (tertiary/aromatic N) is 2. The minimum atomic E-state index is -1.47. The zero-order valence-electron chi connectivity index (χ0n) is 27.1. The molecule has 2 rings (SSSR count). The summed E-state index contributed by atoms with van der Waals surface area (Å²) < 4.78 is 5.25. The monoisotopic (exact) mass is 715 g/mol. The van der Waals surface area contributed by atoms with Gasteiger partial charge >= 0.3 is 17.9 Å². The van der Waals surface area contributed by atoms with Crippen LogP contribution in [0.4, 0.5) is 0 Å². The molecule has 0 aromatic rings. The van der Waals surface area contributed by atoms with Crippen LogP contribution in [0.25, 0.3) is 0 Å². The van der Waals surface area contributed by atoms with Gasteiger partial charge in [0.1, 0.15) is 35.8 Å². The number of guanidine groups is 1. The van der Waals surface area contributed by atoms with Crippen LogP contribution in [0.1, 0.15) is 52.4 Å². The summed E-state index contributed by atoms with van der Waals surface area (Å²) in [6.45, 7) is 2.50. The summed E-state index contributed by atoms with van der Waals surface area (Å²) in [4.78, 5) is 90.4. The summed E-state index contributed by atoms with van der Waals surface area (Å²) in [5, 5.41) is 36.4. The Morgan fingerprint density at radius 3 is 2.31 bits per heavy atom. The minimum Gasteiger partial charge on any atom is -0.480 e. The fourth-order valence-corrected chi connectivity index (χ4v) is 6.11. The van der Waals surface area contributed by atoms with Gasteiger partial charge in [-0.15, -0.1) is 11.8 Å². The molecule has 0 spiro atoms. The molecule has 274 valence electrons. The number of fused-ring (bicyclic) bond motifs is 1. The normalized spacial score (nSPS) is 19.9. The van der Waals surface area contributed by atoms with Crippen LogP contribution < -0.4 is 38.9 Å². The standard InChI is InChI=1S/C28H45N9O11S/c1-12(29)22(41)34-13(2)23(42)35-16(6-4-8-33-28(31)32)17(38)9-19(40)48-10-14-11-49-25-20(24(43)37(25)21(14)27(46)47)36-18(39)7-3-5-15(30)26(44)45/h12-13,15-17,20,25,38H,3-11,29-30H2,1-2H3,(H,34,41)(H,35,42)(H,36,39)(H,44,45)(H,46,47)(H4,31,32,33)/t12-,13-,15+,16+,17+,20+,25?/m0/s1. The number of aliphatic hydroxyl groups is 1. The van der Waals surface area contributed by atoms with Crippen LogP contribution in [0.3, 0.4) is 0 Å². The predicted molar refractivity (Wildman–Crippen MR) is 174 cm³/mol. The van der Waals surface area contributed by atoms with Crippen LogP contribution in [-0.4, -0.2) is 128 Å². The number of thioether (sulfide) groups is 1. The Hall–Kier alpha value is -4.47. The van der Waals surface area contributed by atoms with E-state index in [1.54, 1.807) is 0 Å². The van der Waals surface area contributed by atoms with E-state index in [2.05, 4.69) is 20.9 Å². The number of rotatable bonds is 20. The Balaban J connectivity index is 2.01. The van der Waals surface area contributed by atoms with Gasteiger partial charge in [-0.25, -0.2) is 4.79 Å². The molecule has 0 aromatic carbocycles. The van der Waals surface area contributed by atoms with Crippen LogP contribution in [0, 0.1) is 0 Å². The average molecular weight is 716 g/mol. The molecule has 21 heteroatoms. The number of carboxylic acid groups (broad SMARTS) is 2. The van der Waals surface area contributed by atoms with Crippen LogP contribution in [0.2, 0.25) is 0 Å². The Morgan fingerprint density at radius 2 is 1.71 bits per heavy atom. The van der Waals surface area contributed by atoms with Gasteiger partial charge in [-0.2, -0.15) is 0 Å². The molecule has 2 aliphatic heterocycles. The van der Waals surface area contributed by atoms with E-state index in [1.807, 2.05) is 0 Å². The van der Waals surface area contributed by atoms with Gasteiger partial charge < -0.3 is 58.9 Å². The largest absolute Gasteiger partial charge is 0.480 e. The van der Waals surface area contributed by atoms with Crippen molar-refractivity contribution in [3.63, 3.8) is 0 Å². The highest BCUT2D eigenvalue weighted by molar-refractivity contribution is 8.00. The molecule has 0 aromatic heterocycles. The van der Waals surface area contributed by atoms with Crippen LogP contribution in [-0.2, 0) is 38.3 Å². The lowest BCUT2D eigenvalue weighted by atomic mass is 10.0. The van der Waals surface area contributed by atoms with E-state index in [1.165, 1.54) is 13.8 Å². The highest BCUT2D eigenvalue weighted by Crippen LogP contribution is 2.40. The maximum atomic E-state index is 12.9. The Labute approximate surface area is 285 Å². The first-order valence-electron chi connectivity index (χ1n) is 15.4. The third kappa shape index (κ3) is 12.2. The molecule has 2 heterocycles. The van der Waals surface area contributed by atoms with Crippen molar-refractivity contribution >= 4 is 59.3 Å². The van der Waals surface area contributed by atoms with Crippen molar-refractivity contribution in [3.05, 3.63) is 11.3 Å². The van der Waals surface area contributed by atoms with Gasteiger partial charge in [0.05, 0.1) is 24.6 Å². The molecule has 7 atom stereocenters. The number of esters is 1. The van der Waals surface area contributed by atoms with Crippen molar-refractivity contribution in [3.8, 4) is 0 Å². The zero-order valence-corrected chi connectivity index (χ0v) is 27.9. The molecule has 1 unspecified atom stereocenters. The van der Waals surface area contributed by atoms with Gasteiger partial charge in [0.25, 0.3) is 5.91 Å². The lowest BCUT2D eigenvalue weighted by Gasteiger charge is -2.49. The van der Waals surface area contributed by atoms with Crippen molar-refractivity contribution in [1.29, 1.82) is 0 Å². The van der Waals surface area contributed by atoms with Crippen LogP contribution in [0.15, 0.2) is 16.3 Å². The summed E-state index contributed by atoms with van der Waals surface area (Å²) >= 11 is 1.14. The summed E-state index contributed by atoms with van der Waals surface area (Å²) in [6, 6.07) is -5.02. The Kier molecular flexibility index (Phi) is 15.7. The van der Waals surface area contributed by atoms with Gasteiger partial charge in [0, 0.05) is 24.3 Å². The third-order valence-corrected chi connectivity index (χ3v) is 8.85. The average Bonchev–Trinajstić information content (AvgIpc) is 3.02. The number of aliphatic hydroxyl groups excluding tert-OH is 1. The number of hydrogen-bond acceptors (Lipinski definition) is 13. The van der Waals surface area contributed by atoms with Crippen molar-refractivity contribution in [2.45, 2.75) is 94.1 Å². The molecule has 1 fully saturated rings. The van der Waals surface area contributed by atoms with E-state index < -0.39 is 102 Å². The van der Waals surface area contributed by atoms with Gasteiger partial charge in [-0.1, -0.05) is 0 Å². The van der Waals surface area contributed by atoms with Crippen LogP contribution in [0.5, 0.6) is 0 Å². The van der Waals surface area contributed by atoms with Gasteiger partial charge in [-0.05, 0) is 39.5 Å². The first kappa shape index (κ1) is 40.7. The number of carbonyl (C=O) groups excluding carboxylic acids is 5. The topological polar surface area (TPSA) is 345 Å². The SMILES string of the molecule is C[C@H](N)C(=O)N[C@@H](C)C(=O)N[C@H](CCCN=C(N)N)[C@H](O)CC(=O)OCC1=C(C(=O)O)N2C(=O)[C@@H](NC(=O)CCC[C@@H](N)C(=O)O)C2SC1. The first-order valence-corrected chi connectivity index (χ1v) is 16.4. The number of amides is 4. The van der Waals surface area contributed by atoms with Gasteiger partial charge in [0.15, 0.2) is 5.96 Å². The molecule has 2 aliphatic rings. The number of β-lactam (4-membered cyclic amide) rings is 1. The van der Waals surface area contributed by atoms with E-state index in [4.69, 9.17) is 32.8 Å². The molecule has 0 radical (unpaired) electrons. The maximum Gasteiger partial charge on any atom is 0.352 e. The van der Waals surface area contributed by atoms with E-state index in [0.29, 0.717) is 6.42 Å². The number of aliphatic imine (C=N–C) groups is 1. The fraction of sp³-hybridized carbons (Fsp3) is 0.643. The number of aliphatic carboxylic acids is 2. The van der Waals surface area contributed by atoms with E-state index in [-0.39, 0.29) is 49.5 Å². The number of nitrogens with one attached hydrogen (secondary N) is 3. The molecule has 0 bridgehead atoms. The van der Waals surface area contributed by atoms with Crippen molar-refractivity contribution in [2.24, 2.45) is 27.9 Å². The lowest BCUT2D eigenvalue weighted by Crippen LogP contribution is -2.70. The van der Waals surface area contributed by atoms with Crippen molar-refractivity contribution < 1.29 is 53.6 Å². The molecule has 0 aliphatic carbocycles. The number of ether oxygens (including phenoxy) is 1. The van der Waals surface area contributed by atoms with E-state index in [0.717, 1.165) is 16.7 Å². The first-order chi connectivity index (χ1) is 22.9. The Bertz CT molecular complexity index is 1340. The molecular formula is C28H45N9O11S. The molecule has 0 saturated carbocycles. The highest BCUT2D eigenvalue weighted by Gasteiger charge is 2.54. The van der Waals surface area contributed by atoms with Gasteiger partial charge in [-0.3, -0.25) is 38.7 Å². The lowest BCUT2D eigenvalue weighted by molar-refractivity contribution is -0.151. The molecule has 4 amide bonds. The summed E-state index contributed by atoms with van der Waals surface area (Å²) in [6.07, 6.45) is -1.50. The second kappa shape index (κ2) is 18.9. The number of carboxylic acids is 2. The predicted octanol–water partition coefficient (Wildman–Crippen LogP) is -4.01. The van der Waals surface area contributed by atoms with Crippen LogP contribution >= 0.6 is 11.8 Å². The van der Waals surface area contributed by atoms with E-state index >= 15 is 0 Å². The quantitative estimate of drug-likeness (QED) is 0.0189. The second-order valence-corrected chi connectivity index (χ2v) is 12.7. The maximum absolute atomic E-state index is 12.9. The summed E-state index contributed by atoms with van der Waals surface area (Å²) in [7, 11) is 0. The van der Waals surface area contributed by atoms with Crippen molar-refractivity contribution in [1.82, 2.24) is 20.9 Å². The second-order valence-electron chi connectivity index (χ2n) is 11.6. The molecule has 20 nitrogen and oxygen atoms in total. The molecular weight excluding hydrogens is 670 g/mol. The summed E-state index contributed by atoms with van der Waals surface area (Å²) in [5.74, 6) is -6.14. The third-order valence-electron chi connectivity index (χ3n) is 7.51. The van der Waals surface area contributed by atoms with Crippen molar-refractivity contribution in [2.75, 3.05) is 18.9 Å². The molecule has 14 N–H and O–H groups in total. The number of hydrogen-bond donors (Lipinski definition) is 10. The Morgan fingerprint density at radius 1 is 1.04 bits per heavy atom. The van der Waals surface area contributed by atoms with Gasteiger partial charge in [0.2, 0.25) is 17.7 Å². The minimum absolute atomic E-state index is 0.0419. The fourth-order valence-electron chi connectivity index (χ4n) is 4.78. The van der Waals surface area contributed by atoms with E-state index in [9.17, 15) is 43.8 Å². The highest BCUT2D eigenvalue weighted by atomic mass is 32.2.